The zero-order valence-electron chi connectivity index (χ0n) is 5.36. The lowest BCUT2D eigenvalue weighted by atomic mass is 10.4. The second kappa shape index (κ2) is 2.60. The third kappa shape index (κ3) is 1.21. The minimum Gasteiger partial charge on any atom is -0.373 e. The van der Waals surface area contributed by atoms with Gasteiger partial charge < -0.3 is 5.32 Å². The van der Waals surface area contributed by atoms with Gasteiger partial charge >= 0.3 is 0 Å². The van der Waals surface area contributed by atoms with Gasteiger partial charge in [0, 0.05) is 13.1 Å². The second-order valence-electron chi connectivity index (χ2n) is 1.73. The normalized spacial score (nSPS) is 9.50. The van der Waals surface area contributed by atoms with Gasteiger partial charge in [0.1, 0.15) is 5.82 Å². The topological polar surface area (TPSA) is 24.9 Å². The number of nitrogens with one attached hydrogen (secondary N) is 1. The third-order valence-corrected chi connectivity index (χ3v) is 1.06. The van der Waals surface area contributed by atoms with E-state index in [2.05, 4.69) is 10.3 Å². The van der Waals surface area contributed by atoms with Crippen molar-refractivity contribution in [1.29, 1.82) is 0 Å². The van der Waals surface area contributed by atoms with Crippen LogP contribution in [0.5, 0.6) is 0 Å². The molecule has 0 radical (unpaired) electrons. The van der Waals surface area contributed by atoms with Crippen LogP contribution in [0.25, 0.3) is 0 Å². The average molecular weight is 144 g/mol. The fraction of sp³-hybridized carbons (Fsp3) is 0.167. The van der Waals surface area contributed by atoms with E-state index < -0.39 is 11.6 Å². The quantitative estimate of drug-likeness (QED) is 0.644. The summed E-state index contributed by atoms with van der Waals surface area (Å²) in [4.78, 5) is 3.53. The van der Waals surface area contributed by atoms with Crippen LogP contribution < -0.4 is 5.32 Å². The Balaban J connectivity index is 3.04. The Labute approximate surface area is 56.9 Å². The van der Waals surface area contributed by atoms with E-state index in [0.29, 0.717) is 5.82 Å². The van der Waals surface area contributed by atoms with Gasteiger partial charge in [0.25, 0.3) is 0 Å². The van der Waals surface area contributed by atoms with Crippen molar-refractivity contribution in [3.05, 3.63) is 23.9 Å². The number of hydrogen-bond acceptors (Lipinski definition) is 2. The van der Waals surface area contributed by atoms with E-state index in [0.717, 1.165) is 12.3 Å². The largest absolute Gasteiger partial charge is 0.373 e. The molecule has 0 saturated heterocycles. The molecule has 0 saturated carbocycles. The molecule has 1 rings (SSSR count). The van der Waals surface area contributed by atoms with Crippen LogP contribution in [0.1, 0.15) is 0 Å². The lowest BCUT2D eigenvalue weighted by molar-refractivity contribution is 0.504. The molecule has 0 fully saturated rings. The molecule has 0 aliphatic rings. The van der Waals surface area contributed by atoms with E-state index in [9.17, 15) is 8.78 Å². The highest BCUT2D eigenvalue weighted by Crippen LogP contribution is 2.07. The molecule has 2 nitrogen and oxygen atoms in total. The number of nitrogens with zero attached hydrogens (tertiary/aromatic N) is 1. The maximum Gasteiger partial charge on any atom is 0.177 e. The molecule has 4 heteroatoms. The third-order valence-electron chi connectivity index (χ3n) is 1.06. The standard InChI is InChI=1S/C6H6F2N2/c1-9-6-2-4(7)5(8)3-10-6/h2-3H,1H3,(H,9,10). The van der Waals surface area contributed by atoms with Crippen LogP contribution >= 0.6 is 0 Å². The van der Waals surface area contributed by atoms with Gasteiger partial charge in [-0.2, -0.15) is 0 Å². The zero-order chi connectivity index (χ0) is 7.56. The first kappa shape index (κ1) is 6.92. The first-order chi connectivity index (χ1) is 4.74. The van der Waals surface area contributed by atoms with Crippen LogP contribution in [0.4, 0.5) is 14.6 Å². The molecule has 0 aliphatic heterocycles. The van der Waals surface area contributed by atoms with Gasteiger partial charge in [-0.1, -0.05) is 0 Å². The van der Waals surface area contributed by atoms with Gasteiger partial charge in [-0.3, -0.25) is 0 Å². The number of hydrogen-bond donors (Lipinski definition) is 1. The highest BCUT2D eigenvalue weighted by atomic mass is 19.2. The van der Waals surface area contributed by atoms with E-state index in [4.69, 9.17) is 0 Å². The van der Waals surface area contributed by atoms with Gasteiger partial charge in [0.15, 0.2) is 11.6 Å². The van der Waals surface area contributed by atoms with Crippen LogP contribution in [0.2, 0.25) is 0 Å². The van der Waals surface area contributed by atoms with E-state index in [1.807, 2.05) is 0 Å². The Kier molecular flexibility index (Phi) is 1.80. The Morgan fingerprint density at radius 3 is 2.60 bits per heavy atom. The summed E-state index contributed by atoms with van der Waals surface area (Å²) in [6.07, 6.45) is 0.834. The molecule has 0 bridgehead atoms. The molecule has 54 valence electrons. The lowest BCUT2D eigenvalue weighted by Gasteiger charge is -1.97. The Morgan fingerprint density at radius 2 is 2.10 bits per heavy atom. The SMILES string of the molecule is CNc1cc(F)c(F)cn1. The summed E-state index contributed by atoms with van der Waals surface area (Å²) in [5.41, 5.74) is 0. The maximum absolute atomic E-state index is 12.3. The minimum absolute atomic E-state index is 0.318. The first-order valence-electron chi connectivity index (χ1n) is 2.73. The van der Waals surface area contributed by atoms with Crippen molar-refractivity contribution >= 4 is 5.82 Å². The van der Waals surface area contributed by atoms with Crippen LogP contribution in [0.3, 0.4) is 0 Å². The predicted octanol–water partition coefficient (Wildman–Crippen LogP) is 1.40. The summed E-state index contributed by atoms with van der Waals surface area (Å²) in [6.45, 7) is 0. The number of pyridine rings is 1. The summed E-state index contributed by atoms with van der Waals surface area (Å²) in [6, 6.07) is 0.995. The summed E-state index contributed by atoms with van der Waals surface area (Å²) in [5.74, 6) is -1.50. The molecule has 0 amide bonds. The number of rotatable bonds is 1. The molecule has 1 N–H and O–H groups in total. The van der Waals surface area contributed by atoms with Crippen molar-refractivity contribution in [3.8, 4) is 0 Å². The monoisotopic (exact) mass is 144 g/mol. The molecule has 0 atom stereocenters. The van der Waals surface area contributed by atoms with Crippen molar-refractivity contribution in [2.45, 2.75) is 0 Å². The van der Waals surface area contributed by atoms with Gasteiger partial charge in [-0.15, -0.1) is 0 Å². The average Bonchev–Trinajstić information content (AvgIpc) is 1.95. The molecule has 0 spiro atoms. The van der Waals surface area contributed by atoms with E-state index >= 15 is 0 Å². The molecular formula is C6H6F2N2. The summed E-state index contributed by atoms with van der Waals surface area (Å²) in [5, 5.41) is 2.58. The molecule has 1 aromatic rings. The number of anilines is 1. The van der Waals surface area contributed by atoms with Crippen molar-refractivity contribution in [2.24, 2.45) is 0 Å². The number of aromatic nitrogens is 1. The first-order valence-corrected chi connectivity index (χ1v) is 2.73. The fourth-order valence-corrected chi connectivity index (χ4v) is 0.551. The maximum atomic E-state index is 12.3. The van der Waals surface area contributed by atoms with E-state index in [-0.39, 0.29) is 0 Å². The van der Waals surface area contributed by atoms with E-state index in [1.165, 1.54) is 0 Å². The highest BCUT2D eigenvalue weighted by molar-refractivity contribution is 5.32. The molecule has 0 unspecified atom stereocenters. The summed E-state index contributed by atoms with van der Waals surface area (Å²) < 4.78 is 24.5. The zero-order valence-corrected chi connectivity index (χ0v) is 5.36. The predicted molar refractivity (Wildman–Crippen MR) is 33.7 cm³/mol. The molecule has 0 aliphatic carbocycles. The smallest absolute Gasteiger partial charge is 0.177 e. The molecule has 1 aromatic heterocycles. The van der Waals surface area contributed by atoms with Crippen LogP contribution in [0, 0.1) is 11.6 Å². The Morgan fingerprint density at radius 1 is 1.40 bits per heavy atom. The Bertz CT molecular complexity index is 237. The van der Waals surface area contributed by atoms with Gasteiger partial charge in [-0.25, -0.2) is 13.8 Å². The van der Waals surface area contributed by atoms with Crippen LogP contribution in [0.15, 0.2) is 12.3 Å². The molecular weight excluding hydrogens is 138 g/mol. The van der Waals surface area contributed by atoms with Gasteiger partial charge in [-0.05, 0) is 0 Å². The van der Waals surface area contributed by atoms with Gasteiger partial charge in [0.05, 0.1) is 6.20 Å². The highest BCUT2D eigenvalue weighted by Gasteiger charge is 2.00. The second-order valence-corrected chi connectivity index (χ2v) is 1.73. The fourth-order valence-electron chi connectivity index (χ4n) is 0.551. The number of halogens is 2. The van der Waals surface area contributed by atoms with Crippen molar-refractivity contribution in [3.63, 3.8) is 0 Å². The molecule has 0 aromatic carbocycles. The van der Waals surface area contributed by atoms with Crippen LogP contribution in [-0.4, -0.2) is 12.0 Å². The van der Waals surface area contributed by atoms with Gasteiger partial charge in [0.2, 0.25) is 0 Å². The molecule has 1 heterocycles. The molecule has 10 heavy (non-hydrogen) atoms. The lowest BCUT2D eigenvalue weighted by Crippen LogP contribution is -1.94. The summed E-state index contributed by atoms with van der Waals surface area (Å²) >= 11 is 0. The van der Waals surface area contributed by atoms with E-state index in [1.54, 1.807) is 7.05 Å². The van der Waals surface area contributed by atoms with Crippen molar-refractivity contribution in [1.82, 2.24) is 4.98 Å². The van der Waals surface area contributed by atoms with Crippen LogP contribution in [-0.2, 0) is 0 Å². The Hall–Kier alpha value is -1.19. The summed E-state index contributed by atoms with van der Waals surface area (Å²) in [7, 11) is 1.58. The van der Waals surface area contributed by atoms with Crippen molar-refractivity contribution in [2.75, 3.05) is 12.4 Å². The van der Waals surface area contributed by atoms with Crippen molar-refractivity contribution < 1.29 is 8.78 Å². The minimum atomic E-state index is -0.931.